The third kappa shape index (κ3) is 6.90. The van der Waals surface area contributed by atoms with Gasteiger partial charge in [0.1, 0.15) is 21.0 Å². The Morgan fingerprint density at radius 2 is 1.26 bits per heavy atom. The maximum Gasteiger partial charge on any atom is 0.275 e. The first-order valence-corrected chi connectivity index (χ1v) is 16.2. The fourth-order valence-corrected chi connectivity index (χ4v) is 6.57. The molecule has 0 fully saturated rings. The lowest BCUT2D eigenvalue weighted by Gasteiger charge is -1.96. The lowest BCUT2D eigenvalue weighted by atomic mass is 10.2. The zero-order valence-corrected chi connectivity index (χ0v) is 27.3. The normalized spacial score (nSPS) is 11.1. The Morgan fingerprint density at radius 1 is 0.723 bits per heavy atom. The van der Waals surface area contributed by atoms with E-state index in [2.05, 4.69) is 40.3 Å². The molecule has 0 aliphatic heterocycles. The van der Waals surface area contributed by atoms with Gasteiger partial charge in [-0.05, 0) is 60.7 Å². The molecule has 8 rings (SSSR count). The summed E-state index contributed by atoms with van der Waals surface area (Å²) < 4.78 is 18.5. The van der Waals surface area contributed by atoms with Gasteiger partial charge in [-0.15, -0.1) is 43.1 Å². The number of thiazole rings is 2. The Labute approximate surface area is 283 Å². The van der Waals surface area contributed by atoms with Crippen LogP contribution in [0.1, 0.15) is 21.8 Å². The number of ether oxygens (including phenoxy) is 1. The van der Waals surface area contributed by atoms with Gasteiger partial charge in [-0.25, -0.2) is 15.0 Å². The molecule has 1 N–H and O–H groups in total. The summed E-state index contributed by atoms with van der Waals surface area (Å²) in [7, 11) is 1.58. The van der Waals surface area contributed by atoms with Gasteiger partial charge in [0.05, 0.1) is 29.4 Å². The van der Waals surface area contributed by atoms with Crippen LogP contribution in [0.2, 0.25) is 10.0 Å². The van der Waals surface area contributed by atoms with Crippen molar-refractivity contribution in [2.75, 3.05) is 7.11 Å². The second-order valence-electron chi connectivity index (χ2n) is 9.77. The third-order valence-electron chi connectivity index (χ3n) is 6.59. The number of H-pyrrole nitrogens is 1. The van der Waals surface area contributed by atoms with Crippen LogP contribution in [0.15, 0.2) is 86.7 Å². The number of rotatable bonds is 7. The molecule has 6 heterocycles. The van der Waals surface area contributed by atoms with Gasteiger partial charge >= 0.3 is 0 Å². The second-order valence-corrected chi connectivity index (χ2v) is 12.9. The average molecular weight is 704 g/mol. The van der Waals surface area contributed by atoms with E-state index in [-0.39, 0.29) is 5.56 Å². The van der Waals surface area contributed by atoms with E-state index in [1.54, 1.807) is 55.1 Å². The largest absolute Gasteiger partial charge is 0.479 e. The van der Waals surface area contributed by atoms with Crippen molar-refractivity contribution in [3.63, 3.8) is 0 Å². The van der Waals surface area contributed by atoms with Gasteiger partial charge in [0, 0.05) is 33.6 Å². The summed E-state index contributed by atoms with van der Waals surface area (Å²) in [6, 6.07) is 18.1. The van der Waals surface area contributed by atoms with E-state index in [1.807, 2.05) is 36.4 Å². The zero-order valence-electron chi connectivity index (χ0n) is 24.2. The predicted molar refractivity (Wildman–Crippen MR) is 179 cm³/mol. The van der Waals surface area contributed by atoms with E-state index in [1.165, 1.54) is 11.3 Å². The van der Waals surface area contributed by atoms with E-state index < -0.39 is 0 Å². The second kappa shape index (κ2) is 13.4. The van der Waals surface area contributed by atoms with E-state index >= 15 is 0 Å². The van der Waals surface area contributed by atoms with Crippen LogP contribution in [0.5, 0.6) is 5.88 Å². The molecule has 0 bridgehead atoms. The quantitative estimate of drug-likeness (QED) is 0.178. The number of fused-ring (bicyclic) bond motifs is 2. The Kier molecular flexibility index (Phi) is 8.72. The number of methoxy groups -OCH3 is 1. The van der Waals surface area contributed by atoms with Crippen molar-refractivity contribution in [3.05, 3.63) is 115 Å². The highest BCUT2D eigenvalue weighted by Gasteiger charge is 2.15. The summed E-state index contributed by atoms with van der Waals surface area (Å²) in [5, 5.41) is 19.2. The van der Waals surface area contributed by atoms with Crippen LogP contribution >= 0.6 is 45.9 Å². The maximum absolute atomic E-state index is 11.7. The number of hydrogen-bond donors (Lipinski definition) is 1. The molecule has 0 saturated carbocycles. The number of nitrogens with one attached hydrogen (secondary N) is 1. The molecular weight excluding hydrogens is 683 g/mol. The minimum absolute atomic E-state index is 0.197. The topological polar surface area (TPSA) is 159 Å². The van der Waals surface area contributed by atoms with Crippen molar-refractivity contribution in [2.24, 2.45) is 0 Å². The molecule has 0 aliphatic carbocycles. The molecule has 0 aliphatic rings. The molecule has 0 amide bonds. The van der Waals surface area contributed by atoms with Crippen molar-refractivity contribution in [3.8, 4) is 28.8 Å². The van der Waals surface area contributed by atoms with Crippen LogP contribution in [-0.2, 0) is 12.8 Å². The first-order valence-electron chi connectivity index (χ1n) is 13.8. The van der Waals surface area contributed by atoms with E-state index in [0.717, 1.165) is 36.1 Å². The lowest BCUT2D eigenvalue weighted by molar-refractivity contribution is 0.402. The van der Waals surface area contributed by atoms with Crippen molar-refractivity contribution >= 4 is 66.3 Å². The molecular formula is C31H20Cl2N8O4S2. The minimum Gasteiger partial charge on any atom is -0.479 e. The fraction of sp³-hybridized carbons (Fsp3) is 0.0968. The number of benzene rings is 2. The van der Waals surface area contributed by atoms with Gasteiger partial charge < -0.3 is 18.6 Å². The number of pyridine rings is 2. The lowest BCUT2D eigenvalue weighted by Crippen LogP contribution is -2.04. The summed E-state index contributed by atoms with van der Waals surface area (Å²) in [5.41, 5.74) is 2.61. The molecule has 0 radical (unpaired) electrons. The highest BCUT2D eigenvalue weighted by molar-refractivity contribution is 7.18. The SMILES string of the molecule is COc1nccc2sc(Cc3nnc(-c4ccc(Cl)cc4)o3)nc12.O=c1[nH]ccc2sc(Cc3nnc(-c4ccc(Cl)cc4)o3)nc12. The van der Waals surface area contributed by atoms with Crippen LogP contribution in [0.3, 0.4) is 0 Å². The number of aromatic nitrogens is 8. The zero-order chi connectivity index (χ0) is 32.3. The standard InChI is InChI=1S/C16H11ClN4O2S.C15H9ClN4O2S/c1-22-16-14-11(6-7-18-16)24-13(19-14)8-12-20-21-15(23-12)9-2-4-10(17)5-3-9;16-9-3-1-8(2-4-9)15-20-19-11(22-15)7-12-18-13-10(23-12)5-6-17-14(13)21/h2-7H,8H2,1H3;1-6H,7H2,(H,17,21). The number of nitrogens with zero attached hydrogens (tertiary/aromatic N) is 7. The fourth-order valence-electron chi connectivity index (χ4n) is 4.42. The van der Waals surface area contributed by atoms with Crippen molar-refractivity contribution in [2.45, 2.75) is 12.8 Å². The van der Waals surface area contributed by atoms with Crippen LogP contribution in [-0.4, -0.2) is 47.4 Å². The maximum atomic E-state index is 11.7. The first kappa shape index (κ1) is 30.6. The predicted octanol–water partition coefficient (Wildman–Crippen LogP) is 7.27. The first-order chi connectivity index (χ1) is 22.9. The third-order valence-corrected chi connectivity index (χ3v) is 9.14. The Balaban J connectivity index is 0.000000150. The van der Waals surface area contributed by atoms with Crippen molar-refractivity contribution in [1.29, 1.82) is 0 Å². The Hall–Kier alpha value is -5.02. The van der Waals surface area contributed by atoms with Crippen LogP contribution in [0.4, 0.5) is 0 Å². The van der Waals surface area contributed by atoms with Gasteiger partial charge in [-0.3, -0.25) is 4.79 Å². The molecule has 234 valence electrons. The number of halogens is 2. The Morgan fingerprint density at radius 3 is 1.79 bits per heavy atom. The molecule has 6 aromatic heterocycles. The molecule has 12 nitrogen and oxygen atoms in total. The number of hydrogen-bond acceptors (Lipinski definition) is 13. The molecule has 8 aromatic rings. The molecule has 0 atom stereocenters. The van der Waals surface area contributed by atoms with Crippen LogP contribution < -0.4 is 10.3 Å². The van der Waals surface area contributed by atoms with Gasteiger partial charge in [-0.2, -0.15) is 0 Å². The van der Waals surface area contributed by atoms with Crippen molar-refractivity contribution < 1.29 is 13.6 Å². The number of aromatic amines is 1. The summed E-state index contributed by atoms with van der Waals surface area (Å²) in [6.07, 6.45) is 4.16. The highest BCUT2D eigenvalue weighted by atomic mass is 35.5. The summed E-state index contributed by atoms with van der Waals surface area (Å²) in [4.78, 5) is 27.3. The van der Waals surface area contributed by atoms with E-state index in [4.69, 9.17) is 36.8 Å². The van der Waals surface area contributed by atoms with Crippen molar-refractivity contribution in [1.82, 2.24) is 40.3 Å². The summed E-state index contributed by atoms with van der Waals surface area (Å²) in [6.45, 7) is 0. The van der Waals surface area contributed by atoms with Crippen LogP contribution in [0, 0.1) is 0 Å². The van der Waals surface area contributed by atoms with Gasteiger partial charge in [0.15, 0.2) is 0 Å². The van der Waals surface area contributed by atoms with Gasteiger partial charge in [-0.1, -0.05) is 23.2 Å². The van der Waals surface area contributed by atoms with Gasteiger partial charge in [0.2, 0.25) is 29.4 Å². The Bertz CT molecular complexity index is 2370. The smallest absolute Gasteiger partial charge is 0.275 e. The van der Waals surface area contributed by atoms with Crippen LogP contribution in [0.25, 0.3) is 43.3 Å². The molecule has 47 heavy (non-hydrogen) atoms. The molecule has 0 unspecified atom stereocenters. The molecule has 0 spiro atoms. The average Bonchev–Trinajstić information content (AvgIpc) is 3.89. The van der Waals surface area contributed by atoms with E-state index in [9.17, 15) is 4.79 Å². The molecule has 2 aromatic carbocycles. The summed E-state index contributed by atoms with van der Waals surface area (Å²) in [5.74, 6) is 2.36. The minimum atomic E-state index is -0.197. The summed E-state index contributed by atoms with van der Waals surface area (Å²) >= 11 is 14.7. The van der Waals surface area contributed by atoms with E-state index in [0.29, 0.717) is 57.8 Å². The monoisotopic (exact) mass is 702 g/mol. The molecule has 16 heteroatoms. The highest BCUT2D eigenvalue weighted by Crippen LogP contribution is 2.29. The molecule has 0 saturated heterocycles. The van der Waals surface area contributed by atoms with Gasteiger partial charge in [0.25, 0.3) is 5.56 Å².